The van der Waals surface area contributed by atoms with Gasteiger partial charge in [0, 0.05) is 18.7 Å². The first kappa shape index (κ1) is 17.6. The highest BCUT2D eigenvalue weighted by Crippen LogP contribution is 2.44. The molecule has 27 heavy (non-hydrogen) atoms. The van der Waals surface area contributed by atoms with Gasteiger partial charge in [-0.3, -0.25) is 9.59 Å². The van der Waals surface area contributed by atoms with E-state index in [1.54, 1.807) is 7.11 Å². The molecule has 1 atom stereocenters. The molecular formula is C22H24N2O3. The molecule has 2 heterocycles. The van der Waals surface area contributed by atoms with Crippen molar-refractivity contribution in [3.63, 3.8) is 0 Å². The third-order valence-electron chi connectivity index (χ3n) is 5.50. The average molecular weight is 364 g/mol. The van der Waals surface area contributed by atoms with E-state index in [-0.39, 0.29) is 17.7 Å². The van der Waals surface area contributed by atoms with Crippen molar-refractivity contribution in [2.45, 2.75) is 38.5 Å². The number of hydrogen-bond acceptors (Lipinski definition) is 3. The topological polar surface area (TPSA) is 58.6 Å². The Kier molecular flexibility index (Phi) is 4.60. The molecule has 0 aliphatic carbocycles. The van der Waals surface area contributed by atoms with Gasteiger partial charge in [-0.1, -0.05) is 12.1 Å². The fourth-order valence-electron chi connectivity index (χ4n) is 4.04. The van der Waals surface area contributed by atoms with Crippen LogP contribution in [-0.2, 0) is 22.4 Å². The van der Waals surface area contributed by atoms with Crippen LogP contribution in [0.1, 0.15) is 42.4 Å². The number of nitrogens with one attached hydrogen (secondary N) is 1. The summed E-state index contributed by atoms with van der Waals surface area (Å²) in [6, 6.07) is 11.8. The van der Waals surface area contributed by atoms with Gasteiger partial charge >= 0.3 is 0 Å². The van der Waals surface area contributed by atoms with Crippen molar-refractivity contribution in [3.05, 3.63) is 53.1 Å². The normalized spacial score (nSPS) is 17.6. The zero-order valence-corrected chi connectivity index (χ0v) is 15.7. The molecule has 0 spiro atoms. The molecule has 2 aromatic rings. The number of carbonyl (C=O) groups is 2. The van der Waals surface area contributed by atoms with Gasteiger partial charge in [0.15, 0.2) is 0 Å². The summed E-state index contributed by atoms with van der Waals surface area (Å²) in [6.45, 7) is 2.75. The summed E-state index contributed by atoms with van der Waals surface area (Å²) in [5.41, 5.74) is 5.19. The van der Waals surface area contributed by atoms with Crippen molar-refractivity contribution >= 4 is 23.2 Å². The summed E-state index contributed by atoms with van der Waals surface area (Å²) in [5, 5.41) is 3.02. The third-order valence-corrected chi connectivity index (χ3v) is 5.50. The van der Waals surface area contributed by atoms with Crippen LogP contribution in [0, 0.1) is 0 Å². The number of ether oxygens (including phenoxy) is 1. The van der Waals surface area contributed by atoms with Gasteiger partial charge in [0.25, 0.3) is 0 Å². The standard InChI is InChI=1S/C22H24N2O3/c1-14-19-13-17(12-16-4-3-11-24(21(16)19)22(14)26)23-20(25)10-7-15-5-8-18(27-2)9-6-15/h5-6,8-9,12-14H,3-4,7,10-11H2,1-2H3,(H,23,25)/t14-/m1/s1. The van der Waals surface area contributed by atoms with E-state index in [4.69, 9.17) is 4.74 Å². The van der Waals surface area contributed by atoms with E-state index in [0.717, 1.165) is 47.6 Å². The van der Waals surface area contributed by atoms with E-state index in [9.17, 15) is 9.59 Å². The lowest BCUT2D eigenvalue weighted by molar-refractivity contribution is -0.119. The maximum absolute atomic E-state index is 12.4. The lowest BCUT2D eigenvalue weighted by Crippen LogP contribution is -2.32. The van der Waals surface area contributed by atoms with E-state index in [2.05, 4.69) is 5.32 Å². The van der Waals surface area contributed by atoms with Gasteiger partial charge in [0.2, 0.25) is 11.8 Å². The Balaban J connectivity index is 1.45. The molecule has 2 aliphatic rings. The minimum atomic E-state index is -0.131. The smallest absolute Gasteiger partial charge is 0.234 e. The van der Waals surface area contributed by atoms with Crippen LogP contribution in [0.5, 0.6) is 5.75 Å². The molecule has 0 unspecified atom stereocenters. The number of carbonyl (C=O) groups excluding carboxylic acids is 2. The van der Waals surface area contributed by atoms with E-state index < -0.39 is 0 Å². The Hall–Kier alpha value is -2.82. The highest BCUT2D eigenvalue weighted by Gasteiger charge is 2.37. The fraction of sp³-hybridized carbons (Fsp3) is 0.364. The molecule has 1 N–H and O–H groups in total. The zero-order chi connectivity index (χ0) is 19.0. The monoisotopic (exact) mass is 364 g/mol. The number of amides is 2. The highest BCUT2D eigenvalue weighted by molar-refractivity contribution is 6.06. The van der Waals surface area contributed by atoms with Crippen LogP contribution in [0.3, 0.4) is 0 Å². The molecule has 140 valence electrons. The van der Waals surface area contributed by atoms with E-state index >= 15 is 0 Å². The van der Waals surface area contributed by atoms with Gasteiger partial charge in [-0.25, -0.2) is 0 Å². The summed E-state index contributed by atoms with van der Waals surface area (Å²) in [4.78, 5) is 26.8. The van der Waals surface area contributed by atoms with E-state index in [0.29, 0.717) is 12.8 Å². The van der Waals surface area contributed by atoms with Crippen molar-refractivity contribution in [3.8, 4) is 5.75 Å². The maximum atomic E-state index is 12.4. The highest BCUT2D eigenvalue weighted by atomic mass is 16.5. The molecule has 2 aromatic carbocycles. The average Bonchev–Trinajstić information content (AvgIpc) is 2.93. The number of rotatable bonds is 5. The van der Waals surface area contributed by atoms with E-state index in [1.807, 2.05) is 48.2 Å². The van der Waals surface area contributed by atoms with Crippen LogP contribution < -0.4 is 15.0 Å². The minimum Gasteiger partial charge on any atom is -0.497 e. The lowest BCUT2D eigenvalue weighted by atomic mass is 9.96. The second-order valence-electron chi connectivity index (χ2n) is 7.28. The van der Waals surface area contributed by atoms with Crippen molar-refractivity contribution in [1.29, 1.82) is 0 Å². The van der Waals surface area contributed by atoms with Crippen molar-refractivity contribution in [2.24, 2.45) is 0 Å². The second kappa shape index (κ2) is 7.06. The van der Waals surface area contributed by atoms with Gasteiger partial charge in [-0.05, 0) is 67.1 Å². The number of methoxy groups -OCH3 is 1. The number of aryl methyl sites for hydroxylation is 2. The molecule has 0 aromatic heterocycles. The van der Waals surface area contributed by atoms with Gasteiger partial charge < -0.3 is 15.0 Å². The van der Waals surface area contributed by atoms with Crippen LogP contribution in [0.15, 0.2) is 36.4 Å². The van der Waals surface area contributed by atoms with Crippen molar-refractivity contribution in [2.75, 3.05) is 23.9 Å². The Morgan fingerprint density at radius 2 is 2.04 bits per heavy atom. The Labute approximate surface area is 159 Å². The summed E-state index contributed by atoms with van der Waals surface area (Å²) < 4.78 is 5.15. The molecule has 0 fully saturated rings. The van der Waals surface area contributed by atoms with Crippen LogP contribution in [0.25, 0.3) is 0 Å². The number of benzene rings is 2. The molecule has 2 aliphatic heterocycles. The predicted molar refractivity (Wildman–Crippen MR) is 105 cm³/mol. The Bertz CT molecular complexity index is 889. The van der Waals surface area contributed by atoms with Gasteiger partial charge in [-0.15, -0.1) is 0 Å². The third kappa shape index (κ3) is 3.29. The van der Waals surface area contributed by atoms with Crippen molar-refractivity contribution < 1.29 is 14.3 Å². The summed E-state index contributed by atoms with van der Waals surface area (Å²) in [7, 11) is 1.64. The quantitative estimate of drug-likeness (QED) is 0.881. The Morgan fingerprint density at radius 3 is 2.78 bits per heavy atom. The lowest BCUT2D eigenvalue weighted by Gasteiger charge is -2.26. The summed E-state index contributed by atoms with van der Waals surface area (Å²) in [5.74, 6) is 0.845. The second-order valence-corrected chi connectivity index (χ2v) is 7.28. The molecule has 4 rings (SSSR count). The molecular weight excluding hydrogens is 340 g/mol. The first-order valence-electron chi connectivity index (χ1n) is 9.48. The van der Waals surface area contributed by atoms with Crippen LogP contribution in [0.2, 0.25) is 0 Å². The van der Waals surface area contributed by atoms with Gasteiger partial charge in [0.1, 0.15) is 5.75 Å². The first-order valence-corrected chi connectivity index (χ1v) is 9.48. The van der Waals surface area contributed by atoms with E-state index in [1.165, 1.54) is 5.56 Å². The van der Waals surface area contributed by atoms with Gasteiger partial charge in [-0.2, -0.15) is 0 Å². The minimum absolute atomic E-state index is 0.0115. The maximum Gasteiger partial charge on any atom is 0.234 e. The molecule has 0 bridgehead atoms. The molecule has 0 saturated heterocycles. The zero-order valence-electron chi connectivity index (χ0n) is 15.7. The molecule has 0 radical (unpaired) electrons. The Morgan fingerprint density at radius 1 is 1.26 bits per heavy atom. The van der Waals surface area contributed by atoms with Gasteiger partial charge in [0.05, 0.1) is 18.7 Å². The van der Waals surface area contributed by atoms with Crippen LogP contribution in [0.4, 0.5) is 11.4 Å². The summed E-state index contributed by atoms with van der Waals surface area (Å²) >= 11 is 0. The summed E-state index contributed by atoms with van der Waals surface area (Å²) in [6.07, 6.45) is 3.02. The molecule has 0 saturated carbocycles. The molecule has 5 nitrogen and oxygen atoms in total. The van der Waals surface area contributed by atoms with Crippen LogP contribution in [-0.4, -0.2) is 25.5 Å². The molecule has 5 heteroatoms. The fourth-order valence-corrected chi connectivity index (χ4v) is 4.04. The first-order chi connectivity index (χ1) is 13.1. The number of anilines is 2. The van der Waals surface area contributed by atoms with Crippen molar-refractivity contribution in [1.82, 2.24) is 0 Å². The largest absolute Gasteiger partial charge is 0.497 e. The number of nitrogens with zero attached hydrogens (tertiary/aromatic N) is 1. The van der Waals surface area contributed by atoms with Crippen LogP contribution >= 0.6 is 0 Å². The SMILES string of the molecule is COc1ccc(CCC(=O)Nc2cc3c4c(c2)[C@@H](C)C(=O)N4CCC3)cc1. The predicted octanol–water partition coefficient (Wildman–Crippen LogP) is 3.66. The molecule has 2 amide bonds. The number of hydrogen-bond donors (Lipinski definition) is 1.